The van der Waals surface area contributed by atoms with Crippen LogP contribution in [0, 0.1) is 23.3 Å². The molecule has 0 aromatic heterocycles. The number of rotatable bonds is 23. The fraction of sp³-hybridized carbons (Fsp3) is 0.373. The summed E-state index contributed by atoms with van der Waals surface area (Å²) >= 11 is 3.61. The van der Waals surface area contributed by atoms with Crippen LogP contribution in [-0.4, -0.2) is 126 Å². The van der Waals surface area contributed by atoms with E-state index in [4.69, 9.17) is 10.5 Å². The number of piperidine rings is 2. The van der Waals surface area contributed by atoms with Gasteiger partial charge in [0.2, 0.25) is 0 Å². The summed E-state index contributed by atoms with van der Waals surface area (Å²) in [7, 11) is 0. The van der Waals surface area contributed by atoms with Gasteiger partial charge in [0.15, 0.2) is 0 Å². The number of nitrogens with two attached hydrogens (primary N) is 1. The molecule has 3 atom stereocenters. The summed E-state index contributed by atoms with van der Waals surface area (Å²) in [6, 6.07) is 57.6. The highest BCUT2D eigenvalue weighted by Gasteiger charge is 2.29. The van der Waals surface area contributed by atoms with Gasteiger partial charge in [0.25, 0.3) is 0 Å². The summed E-state index contributed by atoms with van der Waals surface area (Å²) in [4.78, 5) is 7.24. The van der Waals surface area contributed by atoms with Crippen molar-refractivity contribution < 1.29 is 32.5 Å². The first-order valence-electron chi connectivity index (χ1n) is 28.3. The number of halogens is 4. The molecular weight excluding hydrogens is 1050 g/mol. The highest BCUT2D eigenvalue weighted by atomic mass is 32.2. The molecule has 7 nitrogen and oxygen atoms in total. The lowest BCUT2D eigenvalue weighted by molar-refractivity contribution is 0.0248. The van der Waals surface area contributed by atoms with E-state index in [9.17, 15) is 27.8 Å². The summed E-state index contributed by atoms with van der Waals surface area (Å²) in [6.07, 6.45) is 5.81. The molecule has 0 bridgehead atoms. The molecule has 424 valence electrons. The predicted octanol–water partition coefficient (Wildman–Crippen LogP) is 12.6. The first-order chi connectivity index (χ1) is 39.0. The van der Waals surface area contributed by atoms with E-state index in [2.05, 4.69) is 39.0 Å². The van der Waals surface area contributed by atoms with Crippen LogP contribution < -0.4 is 5.73 Å². The fourth-order valence-electron chi connectivity index (χ4n) is 10.5. The van der Waals surface area contributed by atoms with Crippen LogP contribution in [0.4, 0.5) is 17.6 Å². The Morgan fingerprint density at radius 2 is 0.800 bits per heavy atom. The van der Waals surface area contributed by atoms with E-state index in [-0.39, 0.29) is 39.8 Å². The zero-order valence-electron chi connectivity index (χ0n) is 45.7. The second kappa shape index (κ2) is 32.4. The molecule has 0 aliphatic carbocycles. The molecule has 10 rings (SSSR count). The topological polar surface area (TPSA) is 88.7 Å². The van der Waals surface area contributed by atoms with Gasteiger partial charge in [-0.05, 0) is 152 Å². The lowest BCUT2D eigenvalue weighted by Gasteiger charge is -2.40. The minimum absolute atomic E-state index is 0.00330. The quantitative estimate of drug-likeness (QED) is 0.0428. The monoisotopic (exact) mass is 1130 g/mol. The molecule has 3 heterocycles. The molecule has 4 N–H and O–H groups in total. The highest BCUT2D eigenvalue weighted by Crippen LogP contribution is 2.37. The van der Waals surface area contributed by atoms with Crippen molar-refractivity contribution in [2.45, 2.75) is 85.8 Å². The van der Waals surface area contributed by atoms with Crippen LogP contribution >= 0.6 is 23.5 Å². The Morgan fingerprint density at radius 3 is 1.14 bits per heavy atom. The van der Waals surface area contributed by atoms with Crippen molar-refractivity contribution in [1.82, 2.24) is 14.7 Å². The maximum Gasteiger partial charge on any atom is 0.123 e. The summed E-state index contributed by atoms with van der Waals surface area (Å²) in [5, 5.41) is 22.2. The number of thioether (sulfide) groups is 2. The van der Waals surface area contributed by atoms with Crippen molar-refractivity contribution in [2.75, 3.05) is 70.5 Å². The molecule has 80 heavy (non-hydrogen) atoms. The van der Waals surface area contributed by atoms with Crippen LogP contribution in [0.25, 0.3) is 0 Å². The number of aliphatic hydroxyl groups is 2. The van der Waals surface area contributed by atoms with Crippen LogP contribution in [-0.2, 0) is 24.0 Å². The number of aliphatic hydroxyl groups excluding tert-OH is 2. The Balaban J connectivity index is 0.000000198. The average molecular weight is 1130 g/mol. The van der Waals surface area contributed by atoms with E-state index >= 15 is 0 Å². The molecule has 7 aromatic carbocycles. The number of epoxide rings is 1. The molecule has 7 aromatic rings. The van der Waals surface area contributed by atoms with E-state index in [1.807, 2.05) is 127 Å². The standard InChI is InChI=1S/C38H44F2N2O2S.C20H24F2N2S.C9H10O/c39-33-15-11-31(12-16-33)38(32-13-17-34(40)18-14-32)45-24-23-41-21-19-35(20-22-41)42(27-36(43)25-29-7-3-1-4-8-29)28-37(44)26-30-9-5-2-6-10-30;21-17-5-1-15(2-6-17)20(16-3-7-18(22)8-4-16)25-14-13-24-11-9-19(23)10-12-24;1-2-4-8(5-3-1)6-9-7-10-9/h1-18,35-38,43-44H,19-28H2;1-8,19-20H,9-14,23H2;1-5,9H,6-7H2. The van der Waals surface area contributed by atoms with E-state index in [0.29, 0.717) is 38.1 Å². The second-order valence-electron chi connectivity index (χ2n) is 21.2. The van der Waals surface area contributed by atoms with Crippen LogP contribution in [0.3, 0.4) is 0 Å². The van der Waals surface area contributed by atoms with Gasteiger partial charge in [0, 0.05) is 56.2 Å². The molecule has 0 amide bonds. The van der Waals surface area contributed by atoms with Crippen LogP contribution in [0.5, 0.6) is 0 Å². The van der Waals surface area contributed by atoms with Crippen molar-refractivity contribution in [1.29, 1.82) is 0 Å². The molecule has 0 radical (unpaired) electrons. The minimum Gasteiger partial charge on any atom is -0.391 e. The van der Waals surface area contributed by atoms with Crippen molar-refractivity contribution in [3.05, 3.63) is 250 Å². The Morgan fingerprint density at radius 1 is 0.475 bits per heavy atom. The van der Waals surface area contributed by atoms with Gasteiger partial charge in [-0.15, -0.1) is 23.5 Å². The molecular formula is C67H78F4N4O3S2. The Hall–Kier alpha value is -5.32. The number of likely N-dealkylation sites (tertiary alicyclic amines) is 2. The third-order valence-electron chi connectivity index (χ3n) is 15.0. The van der Waals surface area contributed by atoms with Crippen LogP contribution in [0.15, 0.2) is 188 Å². The maximum atomic E-state index is 13.6. The largest absolute Gasteiger partial charge is 0.391 e. The number of hydrogen-bond donors (Lipinski definition) is 3. The minimum atomic E-state index is -0.513. The molecule has 3 fully saturated rings. The average Bonchev–Trinajstić information content (AvgIpc) is 4.31. The van der Waals surface area contributed by atoms with E-state index in [1.54, 1.807) is 11.8 Å². The van der Waals surface area contributed by atoms with Gasteiger partial charge in [0.05, 0.1) is 35.4 Å². The van der Waals surface area contributed by atoms with Gasteiger partial charge in [-0.3, -0.25) is 4.90 Å². The van der Waals surface area contributed by atoms with Gasteiger partial charge in [-0.2, -0.15) is 0 Å². The Labute approximate surface area is 480 Å². The zero-order chi connectivity index (χ0) is 55.9. The smallest absolute Gasteiger partial charge is 0.123 e. The predicted molar refractivity (Wildman–Crippen MR) is 321 cm³/mol. The first kappa shape index (κ1) is 60.8. The van der Waals surface area contributed by atoms with Gasteiger partial charge >= 0.3 is 0 Å². The number of hydrogen-bond acceptors (Lipinski definition) is 9. The number of benzene rings is 7. The van der Waals surface area contributed by atoms with Gasteiger partial charge in [0.1, 0.15) is 23.3 Å². The number of ether oxygens (including phenoxy) is 1. The van der Waals surface area contributed by atoms with Gasteiger partial charge < -0.3 is 30.5 Å². The molecule has 3 aliphatic heterocycles. The van der Waals surface area contributed by atoms with E-state index < -0.39 is 12.2 Å². The third kappa shape index (κ3) is 20.9. The molecule has 0 saturated carbocycles. The first-order valence-corrected chi connectivity index (χ1v) is 30.4. The summed E-state index contributed by atoms with van der Waals surface area (Å²) in [6.45, 7) is 7.94. The van der Waals surface area contributed by atoms with Crippen LogP contribution in [0.2, 0.25) is 0 Å². The fourth-order valence-corrected chi connectivity index (χ4v) is 13.1. The van der Waals surface area contributed by atoms with E-state index in [1.165, 1.54) is 54.1 Å². The highest BCUT2D eigenvalue weighted by molar-refractivity contribution is 8.00. The third-order valence-corrected chi connectivity index (χ3v) is 17.6. The Bertz CT molecular complexity index is 2650. The van der Waals surface area contributed by atoms with Gasteiger partial charge in [-0.25, -0.2) is 17.6 Å². The SMILES string of the molecule is NC1CCN(CCSC(c2ccc(F)cc2)c2ccc(F)cc2)CC1.OC(Cc1ccccc1)CN(CC(O)Cc1ccccc1)C1CCN(CCSC(c2ccc(F)cc2)c2ccc(F)cc2)CC1.c1ccc(CC2CO2)cc1. The summed E-state index contributed by atoms with van der Waals surface area (Å²) in [5.41, 5.74) is 13.7. The lowest BCUT2D eigenvalue weighted by Crippen LogP contribution is -2.50. The molecule has 0 spiro atoms. The lowest BCUT2D eigenvalue weighted by atomic mass is 9.99. The van der Waals surface area contributed by atoms with Crippen molar-refractivity contribution in [2.24, 2.45) is 5.73 Å². The Kier molecular flexibility index (Phi) is 24.6. The van der Waals surface area contributed by atoms with Crippen molar-refractivity contribution >= 4 is 23.5 Å². The van der Waals surface area contributed by atoms with E-state index in [0.717, 1.165) is 123 Å². The van der Waals surface area contributed by atoms with Gasteiger partial charge in [-0.1, -0.05) is 140 Å². The molecule has 3 aliphatic rings. The summed E-state index contributed by atoms with van der Waals surface area (Å²) < 4.78 is 58.9. The van der Waals surface area contributed by atoms with Crippen LogP contribution in [0.1, 0.15) is 75.1 Å². The second-order valence-corrected chi connectivity index (χ2v) is 23.7. The molecule has 13 heteroatoms. The molecule has 3 saturated heterocycles. The number of nitrogens with zero attached hydrogens (tertiary/aromatic N) is 3. The van der Waals surface area contributed by atoms with Crippen molar-refractivity contribution in [3.63, 3.8) is 0 Å². The zero-order valence-corrected chi connectivity index (χ0v) is 47.4. The maximum absolute atomic E-state index is 13.6. The molecule has 3 unspecified atom stereocenters. The normalized spacial score (nSPS) is 16.9. The van der Waals surface area contributed by atoms with Crippen molar-refractivity contribution in [3.8, 4) is 0 Å². The summed E-state index contributed by atoms with van der Waals surface area (Å²) in [5.74, 6) is 0.846.